The molecule has 6 fully saturated rings. The number of esters is 1. The van der Waals surface area contributed by atoms with Crippen LogP contribution in [0.25, 0.3) is 0 Å². The third kappa shape index (κ3) is 6.43. The topological polar surface area (TPSA) is 84.5 Å². The molecule has 13 atom stereocenters. The molecule has 6 nitrogen and oxygen atoms in total. The molecule has 1 saturated heterocycles. The maximum Gasteiger partial charge on any atom is 0.309 e. The molecule has 2 N–H and O–H groups in total. The van der Waals surface area contributed by atoms with Gasteiger partial charge in [0.05, 0.1) is 23.5 Å². The van der Waals surface area contributed by atoms with Gasteiger partial charge in [-0.25, -0.2) is 8.42 Å². The number of fused-ring (bicyclic) bond motifs is 8. The lowest BCUT2D eigenvalue weighted by Gasteiger charge is -2.72. The molecule has 5 saturated carbocycles. The summed E-state index contributed by atoms with van der Waals surface area (Å²) in [5, 5.41) is 7.64. The minimum Gasteiger partial charge on any atom is -0.465 e. The molecule has 7 heteroatoms. The molecule has 55 heavy (non-hydrogen) atoms. The molecule has 8 aliphatic rings. The fraction of sp³-hybridized carbons (Fsp3) is 0.854. The van der Waals surface area contributed by atoms with Gasteiger partial charge in [-0.2, -0.15) is 0 Å². The minimum atomic E-state index is -2.91. The Bertz CT molecular complexity index is 1700. The van der Waals surface area contributed by atoms with Crippen LogP contribution in [0.5, 0.6) is 0 Å². The number of allylic oxidation sites excluding steroid dienone is 5. The molecule has 1 aliphatic heterocycles. The van der Waals surface area contributed by atoms with E-state index in [9.17, 15) is 13.2 Å². The van der Waals surface area contributed by atoms with Gasteiger partial charge in [0.25, 0.3) is 0 Å². The Labute approximate surface area is 335 Å². The van der Waals surface area contributed by atoms with Gasteiger partial charge in [-0.3, -0.25) is 4.79 Å². The second kappa shape index (κ2) is 14.4. The fourth-order valence-electron chi connectivity index (χ4n) is 15.9. The second-order valence-corrected chi connectivity index (χ2v) is 24.0. The molecular formula is C48H76N2O4S. The summed E-state index contributed by atoms with van der Waals surface area (Å²) in [5.41, 5.74) is 5.63. The monoisotopic (exact) mass is 777 g/mol. The van der Waals surface area contributed by atoms with Crippen LogP contribution >= 0.6 is 0 Å². The standard InChI is InChI=1S/C48H76N2O4S/c1-9-10-27-54-43(51)33-13-11-32(12-14-33)37-18-20-45(6)40(44(37,4)5)19-21-47(8)41(45)16-15-38-42-35(31(2)3)17-22-48(42,24-23-46(38,47)7)50-26-25-49-29-39-36-28-34(36)30-55(39,52)53/h11,18,33-36,38-42,49-50H,2,9-10,12-17,19-30H2,1,3-8H3/t33-,34?,35+,36?,38-,39-,40+,41-,42-,45+,46-,47-,48+/m1/s1. The number of hydrogen-bond acceptors (Lipinski definition) is 6. The van der Waals surface area contributed by atoms with Crippen molar-refractivity contribution in [3.63, 3.8) is 0 Å². The summed E-state index contributed by atoms with van der Waals surface area (Å²) < 4.78 is 30.9. The highest BCUT2D eigenvalue weighted by Gasteiger charge is 2.70. The molecule has 2 unspecified atom stereocenters. The number of carbonyl (C=O) groups is 1. The summed E-state index contributed by atoms with van der Waals surface area (Å²) in [7, 11) is -2.91. The predicted molar refractivity (Wildman–Crippen MR) is 224 cm³/mol. The highest BCUT2D eigenvalue weighted by Crippen LogP contribution is 2.76. The van der Waals surface area contributed by atoms with Gasteiger partial charge in [0, 0.05) is 25.2 Å². The Kier molecular flexibility index (Phi) is 10.6. The van der Waals surface area contributed by atoms with Crippen molar-refractivity contribution in [2.75, 3.05) is 32.0 Å². The number of carbonyl (C=O) groups excluding carboxylic acids is 1. The van der Waals surface area contributed by atoms with Gasteiger partial charge in [-0.15, -0.1) is 0 Å². The SMILES string of the molecule is C=C(C)[C@@H]1CC[C@]2(NCCNC[C@@H]3C4CC4CS3(=O)=O)CC[C@]3(C)[C@H](CC[C@@H]4[C@@]5(C)CC=C(C6=CC[C@@H](C(=O)OCCCC)CC6)C(C)(C)[C@@H]5CC[C@]43C)[C@@H]12. The maximum absolute atomic E-state index is 12.8. The average molecular weight is 777 g/mol. The van der Waals surface area contributed by atoms with Gasteiger partial charge in [0.15, 0.2) is 9.84 Å². The Morgan fingerprint density at radius 3 is 2.44 bits per heavy atom. The van der Waals surface area contributed by atoms with Gasteiger partial charge < -0.3 is 15.4 Å². The van der Waals surface area contributed by atoms with E-state index < -0.39 is 9.84 Å². The summed E-state index contributed by atoms with van der Waals surface area (Å²) in [6.45, 7) is 25.3. The molecule has 0 radical (unpaired) electrons. The molecule has 7 aliphatic carbocycles. The number of unbranched alkanes of at least 4 members (excludes halogenated alkanes) is 1. The quantitative estimate of drug-likeness (QED) is 0.117. The van der Waals surface area contributed by atoms with E-state index in [2.05, 4.69) is 77.8 Å². The van der Waals surface area contributed by atoms with Crippen molar-refractivity contribution in [1.29, 1.82) is 0 Å². The molecule has 0 bridgehead atoms. The maximum atomic E-state index is 12.8. The van der Waals surface area contributed by atoms with Crippen LogP contribution in [0.4, 0.5) is 0 Å². The van der Waals surface area contributed by atoms with Crippen LogP contribution in [0.15, 0.2) is 35.5 Å². The zero-order valence-electron chi connectivity index (χ0n) is 35.7. The first kappa shape index (κ1) is 40.3. The van der Waals surface area contributed by atoms with E-state index in [-0.39, 0.29) is 33.5 Å². The van der Waals surface area contributed by atoms with Gasteiger partial charge in [-0.1, -0.05) is 72.3 Å². The number of sulfone groups is 1. The Hall–Kier alpha value is -1.44. The van der Waals surface area contributed by atoms with Crippen molar-refractivity contribution in [2.24, 2.45) is 69.0 Å². The third-order valence-electron chi connectivity index (χ3n) is 19.0. The normalized spacial score (nSPS) is 46.2. The van der Waals surface area contributed by atoms with E-state index >= 15 is 0 Å². The molecule has 1 heterocycles. The van der Waals surface area contributed by atoms with Crippen molar-refractivity contribution < 1.29 is 17.9 Å². The first-order valence-electron chi connectivity index (χ1n) is 22.9. The summed E-state index contributed by atoms with van der Waals surface area (Å²) in [5.74, 6) is 4.57. The molecule has 0 spiro atoms. The number of rotatable bonds is 12. The van der Waals surface area contributed by atoms with Crippen LogP contribution in [0, 0.1) is 69.0 Å². The third-order valence-corrected chi connectivity index (χ3v) is 21.3. The number of nitrogens with one attached hydrogen (secondary N) is 2. The zero-order chi connectivity index (χ0) is 39.2. The molecule has 0 aromatic heterocycles. The lowest BCUT2D eigenvalue weighted by molar-refractivity contribution is -0.221. The summed E-state index contributed by atoms with van der Waals surface area (Å²) in [4.78, 5) is 12.8. The molecule has 8 rings (SSSR count). The van der Waals surface area contributed by atoms with Gasteiger partial charge in [-0.05, 0) is 171 Å². The molecule has 0 amide bonds. The van der Waals surface area contributed by atoms with Gasteiger partial charge in [0.1, 0.15) is 0 Å². The van der Waals surface area contributed by atoms with E-state index in [0.717, 1.165) is 51.6 Å². The Balaban J connectivity index is 0.975. The van der Waals surface area contributed by atoms with Gasteiger partial charge in [0.2, 0.25) is 0 Å². The smallest absolute Gasteiger partial charge is 0.309 e. The van der Waals surface area contributed by atoms with Crippen LogP contribution in [0.2, 0.25) is 0 Å². The van der Waals surface area contributed by atoms with Crippen molar-refractivity contribution in [3.05, 3.63) is 35.5 Å². The first-order chi connectivity index (χ1) is 26.0. The van der Waals surface area contributed by atoms with Crippen LogP contribution in [0.3, 0.4) is 0 Å². The molecule has 308 valence electrons. The van der Waals surface area contributed by atoms with E-state index in [1.807, 2.05) is 0 Å². The zero-order valence-corrected chi connectivity index (χ0v) is 36.6. The van der Waals surface area contributed by atoms with Crippen LogP contribution in [-0.2, 0) is 19.4 Å². The van der Waals surface area contributed by atoms with Crippen molar-refractivity contribution in [2.45, 2.75) is 156 Å². The highest BCUT2D eigenvalue weighted by molar-refractivity contribution is 7.92. The average Bonchev–Trinajstić information content (AvgIpc) is 3.66. The Morgan fingerprint density at radius 2 is 1.75 bits per heavy atom. The second-order valence-electron chi connectivity index (χ2n) is 21.8. The summed E-state index contributed by atoms with van der Waals surface area (Å²) in [6, 6.07) is 0. The van der Waals surface area contributed by atoms with Crippen molar-refractivity contribution in [3.8, 4) is 0 Å². The van der Waals surface area contributed by atoms with E-state index in [0.29, 0.717) is 71.2 Å². The Morgan fingerprint density at radius 1 is 0.945 bits per heavy atom. The van der Waals surface area contributed by atoms with E-state index in [4.69, 9.17) is 4.74 Å². The van der Waals surface area contributed by atoms with Crippen LogP contribution in [0.1, 0.15) is 145 Å². The number of hydrogen-bond donors (Lipinski definition) is 2. The first-order valence-corrected chi connectivity index (χ1v) is 24.6. The predicted octanol–water partition coefficient (Wildman–Crippen LogP) is 9.61. The molecular weight excluding hydrogens is 701 g/mol. The summed E-state index contributed by atoms with van der Waals surface area (Å²) >= 11 is 0. The lowest BCUT2D eigenvalue weighted by Crippen LogP contribution is -2.68. The van der Waals surface area contributed by atoms with Gasteiger partial charge >= 0.3 is 5.97 Å². The van der Waals surface area contributed by atoms with E-state index in [1.165, 1.54) is 68.9 Å². The van der Waals surface area contributed by atoms with Crippen LogP contribution < -0.4 is 10.6 Å². The fourth-order valence-corrected chi connectivity index (χ4v) is 18.3. The van der Waals surface area contributed by atoms with E-state index in [1.54, 1.807) is 5.57 Å². The van der Waals surface area contributed by atoms with Crippen LogP contribution in [-0.4, -0.2) is 57.2 Å². The van der Waals surface area contributed by atoms with Crippen molar-refractivity contribution in [1.82, 2.24) is 10.6 Å². The minimum absolute atomic E-state index is 0.00826. The number of ether oxygens (including phenoxy) is 1. The highest BCUT2D eigenvalue weighted by atomic mass is 32.2. The van der Waals surface area contributed by atoms with Crippen molar-refractivity contribution >= 4 is 15.8 Å². The summed E-state index contributed by atoms with van der Waals surface area (Å²) in [6.07, 6.45) is 22.4. The lowest BCUT2D eigenvalue weighted by atomic mass is 9.33. The molecule has 0 aromatic carbocycles. The molecule has 0 aromatic rings. The largest absolute Gasteiger partial charge is 0.465 e.